The number of ether oxygens (including phenoxy) is 1. The van der Waals surface area contributed by atoms with Gasteiger partial charge in [-0.05, 0) is 24.8 Å². The van der Waals surface area contributed by atoms with Crippen LogP contribution in [0.15, 0.2) is 23.1 Å². The fraction of sp³-hybridized carbons (Fsp3) is 0.500. The number of hydrogen-bond acceptors (Lipinski definition) is 6. The quantitative estimate of drug-likeness (QED) is 0.456. The Labute approximate surface area is 122 Å². The summed E-state index contributed by atoms with van der Waals surface area (Å²) in [5, 5.41) is 10.7. The van der Waals surface area contributed by atoms with Gasteiger partial charge in [0.25, 0.3) is 5.69 Å². The molecule has 1 fully saturated rings. The number of nitrogens with two attached hydrogens (primary N) is 1. The molecular weight excluding hydrogens is 298 g/mol. The highest BCUT2D eigenvalue weighted by molar-refractivity contribution is 7.89. The first-order chi connectivity index (χ1) is 9.90. The van der Waals surface area contributed by atoms with Crippen LogP contribution in [0, 0.1) is 16.0 Å². The number of benzene rings is 1. The Morgan fingerprint density at radius 2 is 2.24 bits per heavy atom. The first-order valence-corrected chi connectivity index (χ1v) is 8.00. The summed E-state index contributed by atoms with van der Waals surface area (Å²) in [5.41, 5.74) is 5.28. The second-order valence-corrected chi connectivity index (χ2v) is 6.63. The summed E-state index contributed by atoms with van der Waals surface area (Å²) in [6, 6.07) is 3.36. The van der Waals surface area contributed by atoms with Gasteiger partial charge in [0.1, 0.15) is 4.90 Å². The van der Waals surface area contributed by atoms with E-state index in [2.05, 4.69) is 4.72 Å². The predicted molar refractivity (Wildman–Crippen MR) is 76.2 cm³/mol. The van der Waals surface area contributed by atoms with Crippen LogP contribution in [-0.4, -0.2) is 33.1 Å². The molecule has 1 heterocycles. The van der Waals surface area contributed by atoms with E-state index in [0.29, 0.717) is 25.6 Å². The normalized spacial score (nSPS) is 18.8. The molecule has 0 amide bonds. The summed E-state index contributed by atoms with van der Waals surface area (Å²) in [6.45, 7) is 1.59. The highest BCUT2D eigenvalue weighted by Crippen LogP contribution is 2.24. The number of non-ortho nitro benzene ring substituents is 1. The minimum atomic E-state index is -3.86. The Hall–Kier alpha value is -1.71. The van der Waals surface area contributed by atoms with Gasteiger partial charge >= 0.3 is 0 Å². The van der Waals surface area contributed by atoms with E-state index in [1.165, 1.54) is 12.1 Å². The molecule has 0 spiro atoms. The van der Waals surface area contributed by atoms with Crippen molar-refractivity contribution in [1.82, 2.24) is 4.72 Å². The molecule has 1 atom stereocenters. The van der Waals surface area contributed by atoms with E-state index in [0.717, 1.165) is 12.5 Å². The summed E-state index contributed by atoms with van der Waals surface area (Å²) >= 11 is 0. The molecule has 0 aliphatic carbocycles. The minimum absolute atomic E-state index is 0.0164. The Bertz CT molecular complexity index is 626. The zero-order valence-corrected chi connectivity index (χ0v) is 12.1. The number of nitrogens with one attached hydrogen (secondary N) is 1. The van der Waals surface area contributed by atoms with Gasteiger partial charge in [0.15, 0.2) is 0 Å². The summed E-state index contributed by atoms with van der Waals surface area (Å²) in [4.78, 5) is 9.79. The third-order valence-electron chi connectivity index (χ3n) is 3.37. The third-order valence-corrected chi connectivity index (χ3v) is 4.88. The molecule has 2 rings (SSSR count). The third kappa shape index (κ3) is 3.90. The van der Waals surface area contributed by atoms with E-state index in [1.807, 2.05) is 0 Å². The molecule has 0 radical (unpaired) electrons. The lowest BCUT2D eigenvalue weighted by Crippen LogP contribution is -2.27. The zero-order valence-electron chi connectivity index (χ0n) is 11.3. The number of nitrogens with zero attached hydrogens (tertiary/aromatic N) is 1. The monoisotopic (exact) mass is 315 g/mol. The first-order valence-electron chi connectivity index (χ1n) is 6.51. The molecule has 0 aromatic heterocycles. The minimum Gasteiger partial charge on any atom is -0.398 e. The van der Waals surface area contributed by atoms with Gasteiger partial charge in [-0.15, -0.1) is 0 Å². The van der Waals surface area contributed by atoms with Crippen LogP contribution in [0.3, 0.4) is 0 Å². The molecule has 0 saturated carbocycles. The lowest BCUT2D eigenvalue weighted by Gasteiger charge is -2.11. The molecular formula is C12H17N3O5S. The number of sulfonamides is 1. The maximum atomic E-state index is 12.2. The van der Waals surface area contributed by atoms with Crippen molar-refractivity contribution in [2.45, 2.75) is 17.7 Å². The van der Waals surface area contributed by atoms with E-state index in [9.17, 15) is 18.5 Å². The van der Waals surface area contributed by atoms with Crippen LogP contribution in [0.5, 0.6) is 0 Å². The van der Waals surface area contributed by atoms with Gasteiger partial charge in [0.05, 0.1) is 10.6 Å². The molecule has 1 aromatic carbocycles. The molecule has 0 bridgehead atoms. The molecule has 8 nitrogen and oxygen atoms in total. The van der Waals surface area contributed by atoms with E-state index in [-0.39, 0.29) is 22.8 Å². The number of nitro benzene ring substituents is 1. The summed E-state index contributed by atoms with van der Waals surface area (Å²) in [6.07, 6.45) is 1.58. The average Bonchev–Trinajstić information content (AvgIpc) is 2.91. The molecule has 1 aliphatic rings. The Balaban J connectivity index is 2.07. The van der Waals surface area contributed by atoms with Crippen molar-refractivity contribution in [1.29, 1.82) is 0 Å². The molecule has 1 aliphatic heterocycles. The molecule has 3 N–H and O–H groups in total. The highest BCUT2D eigenvalue weighted by atomic mass is 32.2. The summed E-state index contributed by atoms with van der Waals surface area (Å²) in [5.74, 6) is 0.343. The van der Waals surface area contributed by atoms with Crippen molar-refractivity contribution in [2.24, 2.45) is 5.92 Å². The Morgan fingerprint density at radius 1 is 1.48 bits per heavy atom. The number of nitrogen functional groups attached to an aromatic ring is 1. The van der Waals surface area contributed by atoms with Gasteiger partial charge in [-0.1, -0.05) is 0 Å². The second kappa shape index (κ2) is 6.37. The van der Waals surface area contributed by atoms with Crippen molar-refractivity contribution < 1.29 is 18.1 Å². The lowest BCUT2D eigenvalue weighted by molar-refractivity contribution is -0.385. The standard InChI is InChI=1S/C12H17N3O5S/c13-11-2-1-10(15(16)17)7-12(11)21(18,19)14-5-3-9-4-6-20-8-9/h1-2,7,9,14H,3-6,8,13H2. The second-order valence-electron chi connectivity index (χ2n) is 4.90. The first kappa shape index (κ1) is 15.7. The van der Waals surface area contributed by atoms with Crippen LogP contribution in [0.1, 0.15) is 12.8 Å². The van der Waals surface area contributed by atoms with Gasteiger partial charge < -0.3 is 10.5 Å². The molecule has 21 heavy (non-hydrogen) atoms. The van der Waals surface area contributed by atoms with Crippen LogP contribution in [0.2, 0.25) is 0 Å². The number of hydrogen-bond donors (Lipinski definition) is 2. The lowest BCUT2D eigenvalue weighted by atomic mass is 10.1. The van der Waals surface area contributed by atoms with E-state index in [1.54, 1.807) is 0 Å². The topological polar surface area (TPSA) is 125 Å². The fourth-order valence-electron chi connectivity index (χ4n) is 2.16. The molecule has 1 aromatic rings. The van der Waals surface area contributed by atoms with Gasteiger partial charge in [-0.2, -0.15) is 0 Å². The van der Waals surface area contributed by atoms with Gasteiger partial charge in [0, 0.05) is 31.9 Å². The number of nitro groups is 1. The fourth-order valence-corrected chi connectivity index (χ4v) is 3.35. The SMILES string of the molecule is Nc1ccc([N+](=O)[O-])cc1S(=O)(=O)NCCC1CCOC1. The van der Waals surface area contributed by atoms with E-state index >= 15 is 0 Å². The van der Waals surface area contributed by atoms with Crippen LogP contribution in [0.25, 0.3) is 0 Å². The van der Waals surface area contributed by atoms with Crippen molar-refractivity contribution in [3.8, 4) is 0 Å². The Kier molecular flexibility index (Phi) is 4.76. The predicted octanol–water partition coefficient (Wildman–Crippen LogP) is 0.882. The van der Waals surface area contributed by atoms with Crippen molar-refractivity contribution >= 4 is 21.4 Å². The largest absolute Gasteiger partial charge is 0.398 e. The zero-order chi connectivity index (χ0) is 15.5. The van der Waals surface area contributed by atoms with E-state index < -0.39 is 14.9 Å². The van der Waals surface area contributed by atoms with Crippen molar-refractivity contribution in [3.63, 3.8) is 0 Å². The van der Waals surface area contributed by atoms with Crippen molar-refractivity contribution in [2.75, 3.05) is 25.5 Å². The van der Waals surface area contributed by atoms with Gasteiger partial charge in [-0.3, -0.25) is 10.1 Å². The van der Waals surface area contributed by atoms with Crippen LogP contribution >= 0.6 is 0 Å². The summed E-state index contributed by atoms with van der Waals surface area (Å²) in [7, 11) is -3.86. The van der Waals surface area contributed by atoms with Crippen LogP contribution < -0.4 is 10.5 Å². The average molecular weight is 315 g/mol. The van der Waals surface area contributed by atoms with Gasteiger partial charge in [-0.25, -0.2) is 13.1 Å². The van der Waals surface area contributed by atoms with Crippen LogP contribution in [0.4, 0.5) is 11.4 Å². The molecule has 1 unspecified atom stereocenters. The Morgan fingerprint density at radius 3 is 2.86 bits per heavy atom. The summed E-state index contributed by atoms with van der Waals surface area (Å²) < 4.78 is 31.9. The van der Waals surface area contributed by atoms with E-state index in [4.69, 9.17) is 10.5 Å². The van der Waals surface area contributed by atoms with Crippen molar-refractivity contribution in [3.05, 3.63) is 28.3 Å². The number of anilines is 1. The maximum absolute atomic E-state index is 12.2. The smallest absolute Gasteiger partial charge is 0.270 e. The molecule has 1 saturated heterocycles. The highest BCUT2D eigenvalue weighted by Gasteiger charge is 2.22. The van der Waals surface area contributed by atoms with Gasteiger partial charge in [0.2, 0.25) is 10.0 Å². The maximum Gasteiger partial charge on any atom is 0.270 e. The van der Waals surface area contributed by atoms with Crippen LogP contribution in [-0.2, 0) is 14.8 Å². The number of rotatable bonds is 6. The molecule has 9 heteroatoms. The molecule has 116 valence electrons.